The van der Waals surface area contributed by atoms with Crippen molar-refractivity contribution in [1.82, 2.24) is 0 Å². The molecule has 0 bridgehead atoms. The van der Waals surface area contributed by atoms with Gasteiger partial charge in [0.15, 0.2) is 6.20 Å². The fourth-order valence-electron chi connectivity index (χ4n) is 5.49. The number of ether oxygens (including phenoxy) is 1. The van der Waals surface area contributed by atoms with E-state index in [1.165, 1.54) is 49.7 Å². The zero-order valence-electron chi connectivity index (χ0n) is 21.3. The summed E-state index contributed by atoms with van der Waals surface area (Å²) in [6.45, 7) is 3.21. The van der Waals surface area contributed by atoms with Crippen molar-refractivity contribution in [2.45, 2.75) is 19.9 Å². The Morgan fingerprint density at radius 2 is 1.32 bits per heavy atom. The Morgan fingerprint density at radius 3 is 2.05 bits per heavy atom. The van der Waals surface area contributed by atoms with Gasteiger partial charge in [0.25, 0.3) is 0 Å². The zero-order chi connectivity index (χ0) is 25.2. The molecule has 5 aromatic carbocycles. The molecule has 0 saturated carbocycles. The molecule has 0 aliphatic heterocycles. The number of nitrogens with zero attached hydrogens (tertiary/aromatic N) is 1. The summed E-state index contributed by atoms with van der Waals surface area (Å²) in [6, 6.07) is 41.3. The number of fused-ring (bicyclic) bond motifs is 2. The van der Waals surface area contributed by atoms with Crippen molar-refractivity contribution >= 4 is 21.5 Å². The van der Waals surface area contributed by atoms with Gasteiger partial charge in [0.1, 0.15) is 12.3 Å². The second kappa shape index (κ2) is 9.91. The Bertz CT molecular complexity index is 1710. The lowest BCUT2D eigenvalue weighted by molar-refractivity contribution is -0.684. The molecule has 2 nitrogen and oxygen atoms in total. The number of hydrogen-bond acceptors (Lipinski definition) is 1. The Morgan fingerprint density at radius 1 is 0.622 bits per heavy atom. The second-order valence-electron chi connectivity index (χ2n) is 9.44. The average molecular weight is 481 g/mol. The molecule has 0 radical (unpaired) electrons. The number of benzene rings is 5. The first-order valence-corrected chi connectivity index (χ1v) is 13.0. The maximum atomic E-state index is 5.66. The van der Waals surface area contributed by atoms with Crippen molar-refractivity contribution in [2.24, 2.45) is 0 Å². The summed E-state index contributed by atoms with van der Waals surface area (Å²) in [5, 5.41) is 4.83. The van der Waals surface area contributed by atoms with Gasteiger partial charge in [-0.3, -0.25) is 0 Å². The Labute approximate surface area is 218 Å². The number of aromatic nitrogens is 1. The maximum Gasteiger partial charge on any atom is 0.221 e. The van der Waals surface area contributed by atoms with E-state index in [9.17, 15) is 0 Å². The summed E-state index contributed by atoms with van der Waals surface area (Å²) < 4.78 is 8.10. The number of methoxy groups -OCH3 is 1. The monoisotopic (exact) mass is 480 g/mol. The molecule has 1 aromatic heterocycles. The number of aryl methyl sites for hydroxylation is 1. The van der Waals surface area contributed by atoms with E-state index in [2.05, 4.69) is 127 Å². The van der Waals surface area contributed by atoms with Crippen LogP contribution in [0.25, 0.3) is 55.1 Å². The van der Waals surface area contributed by atoms with Crippen molar-refractivity contribution in [3.8, 4) is 39.3 Å². The van der Waals surface area contributed by atoms with E-state index in [0.29, 0.717) is 0 Å². The van der Waals surface area contributed by atoms with Gasteiger partial charge < -0.3 is 4.74 Å². The van der Waals surface area contributed by atoms with Gasteiger partial charge in [-0.25, -0.2) is 0 Å². The predicted molar refractivity (Wildman–Crippen MR) is 155 cm³/mol. The molecular weight excluding hydrogens is 450 g/mol. The van der Waals surface area contributed by atoms with E-state index in [4.69, 9.17) is 4.74 Å². The normalized spacial score (nSPS) is 11.2. The fraction of sp³-hybridized carbons (Fsp3) is 0.114. The van der Waals surface area contributed by atoms with Crippen LogP contribution in [-0.2, 0) is 6.54 Å². The molecule has 6 rings (SSSR count). The van der Waals surface area contributed by atoms with Crippen molar-refractivity contribution in [2.75, 3.05) is 7.11 Å². The molecule has 0 N–H and O–H groups in total. The molecule has 37 heavy (non-hydrogen) atoms. The molecule has 0 fully saturated rings. The quantitative estimate of drug-likeness (QED) is 0.217. The number of hydrogen-bond donors (Lipinski definition) is 0. The second-order valence-corrected chi connectivity index (χ2v) is 9.44. The standard InChI is InChI=1S/C35H30NO/c1-3-22-36-24-28-21-20-27(29-16-10-18-31-30(29)17-11-19-33(31)37-2)23-32(28)34(25-12-6-4-7-13-25)35(36)26-14-8-5-9-15-26/h4-21,23-24H,3,22H2,1-2H3/q+1. The molecule has 0 saturated heterocycles. The van der Waals surface area contributed by atoms with Gasteiger partial charge in [-0.2, -0.15) is 4.57 Å². The van der Waals surface area contributed by atoms with E-state index < -0.39 is 0 Å². The minimum Gasteiger partial charge on any atom is -0.496 e. The third-order valence-electron chi connectivity index (χ3n) is 7.13. The summed E-state index contributed by atoms with van der Waals surface area (Å²) in [4.78, 5) is 0. The van der Waals surface area contributed by atoms with Crippen LogP contribution in [0.4, 0.5) is 0 Å². The minimum atomic E-state index is 0.900. The van der Waals surface area contributed by atoms with Crippen LogP contribution in [0.1, 0.15) is 13.3 Å². The molecule has 180 valence electrons. The van der Waals surface area contributed by atoms with Gasteiger partial charge in [0, 0.05) is 28.1 Å². The summed E-state index contributed by atoms with van der Waals surface area (Å²) in [7, 11) is 1.74. The third kappa shape index (κ3) is 4.15. The zero-order valence-corrected chi connectivity index (χ0v) is 21.3. The SMILES string of the molecule is CCC[n+]1cc2ccc(-c3cccc4c(OC)cccc34)cc2c(-c2ccccc2)c1-c1ccccc1. The highest BCUT2D eigenvalue weighted by Crippen LogP contribution is 2.39. The summed E-state index contributed by atoms with van der Waals surface area (Å²) in [5.74, 6) is 0.900. The van der Waals surface area contributed by atoms with Crippen LogP contribution in [0.5, 0.6) is 5.75 Å². The van der Waals surface area contributed by atoms with Crippen molar-refractivity contribution < 1.29 is 9.30 Å². The van der Waals surface area contributed by atoms with E-state index in [-0.39, 0.29) is 0 Å². The summed E-state index contributed by atoms with van der Waals surface area (Å²) >= 11 is 0. The highest BCUT2D eigenvalue weighted by Gasteiger charge is 2.23. The lowest BCUT2D eigenvalue weighted by Gasteiger charge is -2.15. The molecule has 0 amide bonds. The van der Waals surface area contributed by atoms with Crippen molar-refractivity contribution in [1.29, 1.82) is 0 Å². The van der Waals surface area contributed by atoms with Gasteiger partial charge in [-0.1, -0.05) is 91.9 Å². The van der Waals surface area contributed by atoms with Crippen LogP contribution in [-0.4, -0.2) is 7.11 Å². The molecule has 0 atom stereocenters. The minimum absolute atomic E-state index is 0.900. The number of pyridine rings is 1. The number of rotatable bonds is 6. The lowest BCUT2D eigenvalue weighted by Crippen LogP contribution is -2.36. The third-order valence-corrected chi connectivity index (χ3v) is 7.13. The van der Waals surface area contributed by atoms with E-state index in [1.54, 1.807) is 7.11 Å². The maximum absolute atomic E-state index is 5.66. The fourth-order valence-corrected chi connectivity index (χ4v) is 5.49. The van der Waals surface area contributed by atoms with Gasteiger partial charge in [0.2, 0.25) is 5.69 Å². The molecule has 2 heteroatoms. The molecule has 0 spiro atoms. The van der Waals surface area contributed by atoms with Crippen LogP contribution in [0.3, 0.4) is 0 Å². The highest BCUT2D eigenvalue weighted by atomic mass is 16.5. The van der Waals surface area contributed by atoms with Gasteiger partial charge in [-0.05, 0) is 52.4 Å². The predicted octanol–water partition coefficient (Wildman–Crippen LogP) is 8.70. The van der Waals surface area contributed by atoms with Crippen LogP contribution in [0, 0.1) is 0 Å². The van der Waals surface area contributed by atoms with Gasteiger partial charge in [-0.15, -0.1) is 0 Å². The first-order chi connectivity index (χ1) is 18.3. The smallest absolute Gasteiger partial charge is 0.221 e. The van der Waals surface area contributed by atoms with Gasteiger partial charge in [0.05, 0.1) is 12.7 Å². The lowest BCUT2D eigenvalue weighted by atomic mass is 9.90. The van der Waals surface area contributed by atoms with E-state index in [0.717, 1.165) is 24.1 Å². The van der Waals surface area contributed by atoms with Crippen LogP contribution >= 0.6 is 0 Å². The molecule has 0 aliphatic rings. The Hall–Kier alpha value is -4.43. The van der Waals surface area contributed by atoms with Crippen LogP contribution in [0.2, 0.25) is 0 Å². The van der Waals surface area contributed by atoms with Crippen LogP contribution in [0.15, 0.2) is 121 Å². The molecule has 0 aliphatic carbocycles. The Kier molecular flexibility index (Phi) is 6.16. The molecule has 0 unspecified atom stereocenters. The first kappa shape index (κ1) is 23.0. The van der Waals surface area contributed by atoms with Crippen molar-refractivity contribution in [3.63, 3.8) is 0 Å². The van der Waals surface area contributed by atoms with Crippen LogP contribution < -0.4 is 9.30 Å². The van der Waals surface area contributed by atoms with E-state index >= 15 is 0 Å². The molecule has 1 heterocycles. The summed E-state index contributed by atoms with van der Waals surface area (Å²) in [6.07, 6.45) is 3.39. The largest absolute Gasteiger partial charge is 0.496 e. The molecular formula is C35H30NO+. The van der Waals surface area contributed by atoms with Gasteiger partial charge >= 0.3 is 0 Å². The highest BCUT2D eigenvalue weighted by molar-refractivity contribution is 6.05. The average Bonchev–Trinajstić information content (AvgIpc) is 2.96. The van der Waals surface area contributed by atoms with Crippen molar-refractivity contribution in [3.05, 3.63) is 121 Å². The topological polar surface area (TPSA) is 13.1 Å². The Balaban J connectivity index is 1.69. The molecule has 6 aromatic rings. The summed E-state index contributed by atoms with van der Waals surface area (Å²) in [5.41, 5.74) is 7.42. The van der Waals surface area contributed by atoms with E-state index in [1.807, 2.05) is 6.07 Å². The first-order valence-electron chi connectivity index (χ1n) is 13.0.